The fourth-order valence-electron chi connectivity index (χ4n) is 3.21. The summed E-state index contributed by atoms with van der Waals surface area (Å²) in [6, 6.07) is 8.17. The van der Waals surface area contributed by atoms with Gasteiger partial charge in [0.2, 0.25) is 0 Å². The van der Waals surface area contributed by atoms with Crippen molar-refractivity contribution >= 4 is 27.6 Å². The van der Waals surface area contributed by atoms with Gasteiger partial charge in [0.05, 0.1) is 0 Å². The van der Waals surface area contributed by atoms with Crippen molar-refractivity contribution in [3.05, 3.63) is 28.7 Å². The van der Waals surface area contributed by atoms with E-state index in [0.717, 1.165) is 49.3 Å². The summed E-state index contributed by atoms with van der Waals surface area (Å²) in [5.41, 5.74) is 0.990. The van der Waals surface area contributed by atoms with Crippen molar-refractivity contribution in [2.45, 2.75) is 19.3 Å². The van der Waals surface area contributed by atoms with Gasteiger partial charge in [0.25, 0.3) is 0 Å². The predicted octanol–water partition coefficient (Wildman–Crippen LogP) is 3.08. The lowest BCUT2D eigenvalue weighted by atomic mass is 9.97. The highest BCUT2D eigenvalue weighted by molar-refractivity contribution is 9.10. The van der Waals surface area contributed by atoms with Crippen molar-refractivity contribution in [1.82, 2.24) is 10.2 Å². The second-order valence-electron chi connectivity index (χ2n) is 5.91. The van der Waals surface area contributed by atoms with Crippen LogP contribution in [0.4, 0.5) is 10.5 Å². The van der Waals surface area contributed by atoms with Crippen molar-refractivity contribution in [3.63, 3.8) is 0 Å². The molecule has 4 nitrogen and oxygen atoms in total. The van der Waals surface area contributed by atoms with E-state index in [1.54, 1.807) is 0 Å². The van der Waals surface area contributed by atoms with Gasteiger partial charge in [-0.25, -0.2) is 4.79 Å². The number of urea groups is 1. The minimum Gasteiger partial charge on any atom is -0.324 e. The van der Waals surface area contributed by atoms with Crippen LogP contribution in [0.1, 0.15) is 19.3 Å². The maximum Gasteiger partial charge on any atom is 0.324 e. The lowest BCUT2D eigenvalue weighted by Crippen LogP contribution is -2.51. The van der Waals surface area contributed by atoms with Gasteiger partial charge in [0.1, 0.15) is 0 Å². The highest BCUT2D eigenvalue weighted by Gasteiger charge is 2.28. The molecule has 0 saturated carbocycles. The molecular weight excluding hydrogens is 330 g/mol. The Morgan fingerprint density at radius 3 is 2.81 bits per heavy atom. The molecule has 2 saturated heterocycles. The second-order valence-corrected chi connectivity index (χ2v) is 6.82. The summed E-state index contributed by atoms with van der Waals surface area (Å²) < 4.78 is 1.02. The third kappa shape index (κ3) is 3.58. The monoisotopic (exact) mass is 351 g/mol. The van der Waals surface area contributed by atoms with Gasteiger partial charge >= 0.3 is 6.03 Å². The Kier molecular flexibility index (Phi) is 4.80. The summed E-state index contributed by atoms with van der Waals surface area (Å²) in [4.78, 5) is 16.7. The van der Waals surface area contributed by atoms with Crippen LogP contribution < -0.4 is 10.2 Å². The maximum atomic E-state index is 12.7. The first kappa shape index (κ1) is 14.9. The zero-order chi connectivity index (χ0) is 14.7. The fourth-order valence-corrected chi connectivity index (χ4v) is 3.60. The van der Waals surface area contributed by atoms with E-state index >= 15 is 0 Å². The number of halogens is 1. The molecule has 21 heavy (non-hydrogen) atoms. The standard InChI is InChI=1S/C16H22BrN3O/c17-14-3-1-4-15(11-14)20-10-2-9-19(16(20)21)12-13-5-7-18-8-6-13/h1,3-4,11,13,18H,2,5-10,12H2. The number of carbonyl (C=O) groups excluding carboxylic acids is 1. The zero-order valence-electron chi connectivity index (χ0n) is 12.2. The number of piperidine rings is 1. The van der Waals surface area contributed by atoms with Crippen LogP contribution in [0.2, 0.25) is 0 Å². The van der Waals surface area contributed by atoms with Gasteiger partial charge < -0.3 is 10.2 Å². The van der Waals surface area contributed by atoms with Crippen molar-refractivity contribution in [3.8, 4) is 0 Å². The number of carbonyl (C=O) groups is 1. The Morgan fingerprint density at radius 1 is 1.24 bits per heavy atom. The van der Waals surface area contributed by atoms with Gasteiger partial charge in [0, 0.05) is 29.8 Å². The first-order valence-electron chi connectivity index (χ1n) is 7.77. The van der Waals surface area contributed by atoms with E-state index in [0.29, 0.717) is 5.92 Å². The minimum atomic E-state index is 0.165. The Balaban J connectivity index is 1.68. The molecule has 0 aromatic heterocycles. The van der Waals surface area contributed by atoms with Crippen LogP contribution in [0, 0.1) is 5.92 Å². The van der Waals surface area contributed by atoms with Crippen molar-refractivity contribution < 1.29 is 4.79 Å². The van der Waals surface area contributed by atoms with Crippen LogP contribution in [0.3, 0.4) is 0 Å². The van der Waals surface area contributed by atoms with Crippen LogP contribution >= 0.6 is 15.9 Å². The zero-order valence-corrected chi connectivity index (χ0v) is 13.8. The third-order valence-corrected chi connectivity index (χ3v) is 4.86. The summed E-state index contributed by atoms with van der Waals surface area (Å²) in [6.07, 6.45) is 3.41. The van der Waals surface area contributed by atoms with E-state index in [9.17, 15) is 4.79 Å². The molecule has 0 unspecified atom stereocenters. The van der Waals surface area contributed by atoms with E-state index in [4.69, 9.17) is 0 Å². The molecule has 2 fully saturated rings. The molecule has 1 aromatic rings. The number of amides is 2. The first-order valence-corrected chi connectivity index (χ1v) is 8.56. The fraction of sp³-hybridized carbons (Fsp3) is 0.562. The summed E-state index contributed by atoms with van der Waals surface area (Å²) in [5, 5.41) is 3.38. The number of nitrogens with one attached hydrogen (secondary N) is 1. The topological polar surface area (TPSA) is 35.6 Å². The number of hydrogen-bond acceptors (Lipinski definition) is 2. The SMILES string of the molecule is O=C1N(CC2CCNCC2)CCCN1c1cccc(Br)c1. The third-order valence-electron chi connectivity index (χ3n) is 4.37. The number of anilines is 1. The van der Waals surface area contributed by atoms with Gasteiger partial charge in [-0.15, -0.1) is 0 Å². The molecule has 0 bridgehead atoms. The van der Waals surface area contributed by atoms with Gasteiger partial charge in [0.15, 0.2) is 0 Å². The lowest BCUT2D eigenvalue weighted by molar-refractivity contribution is 0.176. The van der Waals surface area contributed by atoms with Crippen LogP contribution in [-0.4, -0.2) is 43.7 Å². The largest absolute Gasteiger partial charge is 0.324 e. The molecule has 5 heteroatoms. The molecule has 2 amide bonds. The molecule has 1 aromatic carbocycles. The Morgan fingerprint density at radius 2 is 2.05 bits per heavy atom. The van der Waals surface area contributed by atoms with Crippen molar-refractivity contribution in [2.24, 2.45) is 5.92 Å². The lowest BCUT2D eigenvalue weighted by Gasteiger charge is -2.38. The predicted molar refractivity (Wildman–Crippen MR) is 88.7 cm³/mol. The van der Waals surface area contributed by atoms with Gasteiger partial charge in [-0.2, -0.15) is 0 Å². The van der Waals surface area contributed by atoms with Crippen molar-refractivity contribution in [2.75, 3.05) is 37.6 Å². The summed E-state index contributed by atoms with van der Waals surface area (Å²) >= 11 is 3.48. The van der Waals surface area contributed by atoms with Gasteiger partial charge in [-0.3, -0.25) is 4.90 Å². The summed E-state index contributed by atoms with van der Waals surface area (Å²) in [6.45, 7) is 4.79. The number of benzene rings is 1. The Labute approximate surface area is 134 Å². The van der Waals surface area contributed by atoms with E-state index in [1.165, 1.54) is 12.8 Å². The van der Waals surface area contributed by atoms with Crippen molar-refractivity contribution in [1.29, 1.82) is 0 Å². The second kappa shape index (κ2) is 6.79. The molecule has 0 atom stereocenters. The van der Waals surface area contributed by atoms with Crippen LogP contribution in [-0.2, 0) is 0 Å². The van der Waals surface area contributed by atoms with E-state index in [1.807, 2.05) is 34.1 Å². The van der Waals surface area contributed by atoms with Gasteiger partial charge in [-0.05, 0) is 56.5 Å². The molecule has 2 heterocycles. The molecule has 114 valence electrons. The van der Waals surface area contributed by atoms with Crippen LogP contribution in [0.15, 0.2) is 28.7 Å². The summed E-state index contributed by atoms with van der Waals surface area (Å²) in [7, 11) is 0. The molecule has 0 radical (unpaired) electrons. The smallest absolute Gasteiger partial charge is 0.324 e. The number of nitrogens with zero attached hydrogens (tertiary/aromatic N) is 2. The quantitative estimate of drug-likeness (QED) is 0.908. The molecule has 2 aliphatic heterocycles. The van der Waals surface area contributed by atoms with Crippen LogP contribution in [0.25, 0.3) is 0 Å². The maximum absolute atomic E-state index is 12.7. The van der Waals surface area contributed by atoms with Gasteiger partial charge in [-0.1, -0.05) is 22.0 Å². The summed E-state index contributed by atoms with van der Waals surface area (Å²) in [5.74, 6) is 0.651. The number of rotatable bonds is 3. The molecule has 3 rings (SSSR count). The normalized spacial score (nSPS) is 20.9. The molecular formula is C16H22BrN3O. The highest BCUT2D eigenvalue weighted by atomic mass is 79.9. The average molecular weight is 352 g/mol. The first-order chi connectivity index (χ1) is 10.2. The molecule has 0 spiro atoms. The Bertz CT molecular complexity index is 502. The average Bonchev–Trinajstić information content (AvgIpc) is 2.50. The molecule has 0 aliphatic carbocycles. The van der Waals surface area contributed by atoms with E-state index < -0.39 is 0 Å². The van der Waals surface area contributed by atoms with E-state index in [2.05, 4.69) is 21.2 Å². The highest BCUT2D eigenvalue weighted by Crippen LogP contribution is 2.25. The van der Waals surface area contributed by atoms with Crippen LogP contribution in [0.5, 0.6) is 0 Å². The minimum absolute atomic E-state index is 0.165. The Hall–Kier alpha value is -1.07. The number of hydrogen-bond donors (Lipinski definition) is 1. The molecule has 2 aliphatic rings. The molecule has 1 N–H and O–H groups in total. The van der Waals surface area contributed by atoms with E-state index in [-0.39, 0.29) is 6.03 Å².